The third kappa shape index (κ3) is 14.6. The first-order chi connectivity index (χ1) is 17.3. The van der Waals surface area contributed by atoms with Gasteiger partial charge in [0, 0.05) is 12.1 Å². The molecule has 0 aliphatic heterocycles. The highest BCUT2D eigenvalue weighted by Gasteiger charge is 2.22. The molecule has 0 spiro atoms. The van der Waals surface area contributed by atoms with Crippen LogP contribution in [-0.4, -0.2) is 44.5 Å². The first-order valence-electron chi connectivity index (χ1n) is 13.4. The zero-order chi connectivity index (χ0) is 26.7. The summed E-state index contributed by atoms with van der Waals surface area (Å²) in [6.07, 6.45) is 9.29. The van der Waals surface area contributed by atoms with Gasteiger partial charge in [-0.2, -0.15) is 0 Å². The van der Waals surface area contributed by atoms with Gasteiger partial charge in [0.25, 0.3) is 0 Å². The molecule has 0 aliphatic rings. The summed E-state index contributed by atoms with van der Waals surface area (Å²) in [5.41, 5.74) is 0.726. The average molecular weight is 528 g/mol. The largest absolute Gasteiger partial charge is 0.493 e. The maximum absolute atomic E-state index is 12.4. The standard InChI is InChI=1S/C27H46NO7P/c1-5-32-27(30)23(4)22-33-25-19-17-24(18-20-25)28-26(29)16-14-12-10-8-9-11-13-15-21-36(31,34-6-2)35-7-3/h17-20,23H,5-16,21-22H2,1-4H3,(H,28,29). The van der Waals surface area contributed by atoms with E-state index in [1.165, 1.54) is 0 Å². The van der Waals surface area contributed by atoms with Gasteiger partial charge in [-0.1, -0.05) is 38.5 Å². The smallest absolute Gasteiger partial charge is 0.330 e. The number of unbranched alkanes of at least 4 members (excludes halogenated alkanes) is 7. The van der Waals surface area contributed by atoms with Gasteiger partial charge in [0.1, 0.15) is 12.4 Å². The van der Waals surface area contributed by atoms with Gasteiger partial charge in [-0.25, -0.2) is 0 Å². The topological polar surface area (TPSA) is 100 Å². The van der Waals surface area contributed by atoms with E-state index in [9.17, 15) is 14.2 Å². The summed E-state index contributed by atoms with van der Waals surface area (Å²) < 4.78 is 33.6. The Bertz CT molecular complexity index is 775. The van der Waals surface area contributed by atoms with E-state index in [1.807, 2.05) is 13.8 Å². The number of hydrogen-bond acceptors (Lipinski definition) is 7. The van der Waals surface area contributed by atoms with Crippen molar-refractivity contribution in [3.05, 3.63) is 24.3 Å². The summed E-state index contributed by atoms with van der Waals surface area (Å²) in [6, 6.07) is 7.15. The Morgan fingerprint density at radius 2 is 1.39 bits per heavy atom. The molecule has 0 aromatic heterocycles. The maximum Gasteiger partial charge on any atom is 0.330 e. The minimum Gasteiger partial charge on any atom is -0.493 e. The van der Waals surface area contributed by atoms with Gasteiger partial charge in [0.2, 0.25) is 5.91 Å². The van der Waals surface area contributed by atoms with E-state index in [0.29, 0.717) is 38.2 Å². The van der Waals surface area contributed by atoms with Crippen molar-refractivity contribution < 1.29 is 32.7 Å². The second-order valence-electron chi connectivity index (χ2n) is 8.79. The van der Waals surface area contributed by atoms with Gasteiger partial charge in [0.15, 0.2) is 0 Å². The van der Waals surface area contributed by atoms with Crippen LogP contribution in [0, 0.1) is 5.92 Å². The van der Waals surface area contributed by atoms with E-state index in [2.05, 4.69) is 5.32 Å². The van der Waals surface area contributed by atoms with E-state index in [0.717, 1.165) is 57.1 Å². The quantitative estimate of drug-likeness (QED) is 0.105. The van der Waals surface area contributed by atoms with Crippen LogP contribution in [0.5, 0.6) is 5.75 Å². The van der Waals surface area contributed by atoms with Gasteiger partial charge >= 0.3 is 13.6 Å². The normalized spacial score (nSPS) is 12.2. The third-order valence-corrected chi connectivity index (χ3v) is 7.73. The number of carbonyl (C=O) groups excluding carboxylic acids is 2. The van der Waals surface area contributed by atoms with E-state index >= 15 is 0 Å². The molecule has 1 aromatic carbocycles. The number of esters is 1. The van der Waals surface area contributed by atoms with E-state index in [1.54, 1.807) is 38.1 Å². The first kappa shape index (κ1) is 32.1. The van der Waals surface area contributed by atoms with Crippen LogP contribution in [0.4, 0.5) is 5.69 Å². The number of rotatable bonds is 21. The summed E-state index contributed by atoms with van der Waals surface area (Å²) in [7, 11) is -2.90. The highest BCUT2D eigenvalue weighted by molar-refractivity contribution is 7.53. The SMILES string of the molecule is CCOC(=O)C(C)COc1ccc(NC(=O)CCCCCCCCCCP(=O)(OCC)OCC)cc1. The summed E-state index contributed by atoms with van der Waals surface area (Å²) >= 11 is 0. The minimum atomic E-state index is -2.90. The van der Waals surface area contributed by atoms with Crippen molar-refractivity contribution in [3.8, 4) is 5.75 Å². The van der Waals surface area contributed by atoms with Crippen LogP contribution >= 0.6 is 7.60 Å². The van der Waals surface area contributed by atoms with Crippen LogP contribution in [0.15, 0.2) is 24.3 Å². The molecular formula is C27H46NO7P. The lowest BCUT2D eigenvalue weighted by Crippen LogP contribution is -2.21. The fourth-order valence-corrected chi connectivity index (χ4v) is 5.37. The maximum atomic E-state index is 12.4. The number of carbonyl (C=O) groups is 2. The lowest BCUT2D eigenvalue weighted by Gasteiger charge is -2.16. The number of benzene rings is 1. The molecule has 0 radical (unpaired) electrons. The van der Waals surface area contributed by atoms with Crippen molar-refractivity contribution in [2.45, 2.75) is 85.5 Å². The highest BCUT2D eigenvalue weighted by Crippen LogP contribution is 2.48. The molecule has 0 saturated heterocycles. The Morgan fingerprint density at radius 3 is 1.94 bits per heavy atom. The Hall–Kier alpha value is -1.89. The lowest BCUT2D eigenvalue weighted by atomic mass is 10.1. The Labute approximate surface area is 217 Å². The Morgan fingerprint density at radius 1 is 0.833 bits per heavy atom. The first-order valence-corrected chi connectivity index (χ1v) is 15.1. The minimum absolute atomic E-state index is 0.00706. The third-order valence-electron chi connectivity index (χ3n) is 5.56. The molecule has 8 nitrogen and oxygen atoms in total. The predicted molar refractivity (Wildman–Crippen MR) is 144 cm³/mol. The number of nitrogens with one attached hydrogen (secondary N) is 1. The fraction of sp³-hybridized carbons (Fsp3) is 0.704. The van der Waals surface area contributed by atoms with Crippen molar-refractivity contribution in [2.75, 3.05) is 37.9 Å². The van der Waals surface area contributed by atoms with Crippen LogP contribution in [-0.2, 0) is 27.9 Å². The number of anilines is 1. The van der Waals surface area contributed by atoms with E-state index in [4.69, 9.17) is 18.5 Å². The lowest BCUT2D eigenvalue weighted by molar-refractivity contribution is -0.148. The number of hydrogen-bond donors (Lipinski definition) is 1. The van der Waals surface area contributed by atoms with E-state index < -0.39 is 7.60 Å². The van der Waals surface area contributed by atoms with Crippen LogP contribution in [0.2, 0.25) is 0 Å². The molecule has 1 rings (SSSR count). The van der Waals surface area contributed by atoms with Crippen molar-refractivity contribution in [1.29, 1.82) is 0 Å². The molecule has 0 heterocycles. The number of ether oxygens (including phenoxy) is 2. The summed E-state index contributed by atoms with van der Waals surface area (Å²) in [6.45, 7) is 8.64. The van der Waals surface area contributed by atoms with Crippen LogP contribution in [0.3, 0.4) is 0 Å². The molecule has 0 bridgehead atoms. The zero-order valence-corrected chi connectivity index (χ0v) is 23.5. The highest BCUT2D eigenvalue weighted by atomic mass is 31.2. The van der Waals surface area contributed by atoms with Crippen molar-refractivity contribution >= 4 is 25.2 Å². The van der Waals surface area contributed by atoms with Crippen LogP contribution in [0.1, 0.15) is 85.5 Å². The molecule has 0 fully saturated rings. The molecule has 1 aromatic rings. The fourth-order valence-electron chi connectivity index (χ4n) is 3.64. The molecular weight excluding hydrogens is 481 g/mol. The second kappa shape index (κ2) is 19.3. The van der Waals surface area contributed by atoms with Gasteiger partial charge in [-0.15, -0.1) is 0 Å². The van der Waals surface area contributed by atoms with Crippen molar-refractivity contribution in [2.24, 2.45) is 5.92 Å². The van der Waals surface area contributed by atoms with Gasteiger partial charge in [-0.05, 0) is 64.8 Å². The van der Waals surface area contributed by atoms with Crippen molar-refractivity contribution in [3.63, 3.8) is 0 Å². The van der Waals surface area contributed by atoms with Crippen LogP contribution < -0.4 is 10.1 Å². The molecule has 0 aliphatic carbocycles. The molecule has 0 saturated carbocycles. The average Bonchev–Trinajstić information content (AvgIpc) is 2.85. The Balaban J connectivity index is 2.10. The monoisotopic (exact) mass is 527 g/mol. The van der Waals surface area contributed by atoms with Gasteiger partial charge < -0.3 is 23.8 Å². The van der Waals surface area contributed by atoms with Crippen molar-refractivity contribution in [1.82, 2.24) is 0 Å². The predicted octanol–water partition coefficient (Wildman–Crippen LogP) is 6.98. The molecule has 1 amide bonds. The molecule has 9 heteroatoms. The number of amides is 1. The van der Waals surface area contributed by atoms with Gasteiger partial charge in [0.05, 0.1) is 31.9 Å². The Kier molecular flexibility index (Phi) is 17.2. The molecule has 1 N–H and O–H groups in total. The second-order valence-corrected chi connectivity index (χ2v) is 11.0. The molecule has 206 valence electrons. The molecule has 36 heavy (non-hydrogen) atoms. The summed E-state index contributed by atoms with van der Waals surface area (Å²) in [5.74, 6) is 0.0375. The summed E-state index contributed by atoms with van der Waals surface area (Å²) in [5, 5.41) is 2.91. The molecule has 1 unspecified atom stereocenters. The molecule has 1 atom stereocenters. The summed E-state index contributed by atoms with van der Waals surface area (Å²) in [4.78, 5) is 23.8. The zero-order valence-electron chi connectivity index (χ0n) is 22.6. The van der Waals surface area contributed by atoms with Gasteiger partial charge in [-0.3, -0.25) is 14.2 Å². The van der Waals surface area contributed by atoms with E-state index in [-0.39, 0.29) is 24.4 Å². The van der Waals surface area contributed by atoms with Crippen LogP contribution in [0.25, 0.3) is 0 Å².